The molecule has 0 spiro atoms. The first-order valence-corrected chi connectivity index (χ1v) is 11.2. The van der Waals surface area contributed by atoms with Crippen LogP contribution in [0.5, 0.6) is 0 Å². The Hall–Kier alpha value is -3.24. The van der Waals surface area contributed by atoms with Crippen LogP contribution in [0.1, 0.15) is 16.1 Å². The number of primary amides is 1. The number of benzene rings is 2. The smallest absolute Gasteiger partial charge is 0.250 e. The van der Waals surface area contributed by atoms with Gasteiger partial charge in [-0.15, -0.1) is 11.3 Å². The van der Waals surface area contributed by atoms with Gasteiger partial charge in [0, 0.05) is 17.3 Å². The molecule has 0 atom stereocenters. The van der Waals surface area contributed by atoms with E-state index in [1.165, 1.54) is 29.5 Å². The summed E-state index contributed by atoms with van der Waals surface area (Å²) in [7, 11) is -3.25. The van der Waals surface area contributed by atoms with Gasteiger partial charge >= 0.3 is 0 Å². The highest BCUT2D eigenvalue weighted by atomic mass is 32.2. The number of para-hydroxylation sites is 1. The van der Waals surface area contributed by atoms with E-state index >= 15 is 0 Å². The summed E-state index contributed by atoms with van der Waals surface area (Å²) in [5.74, 6) is -0.948. The highest BCUT2D eigenvalue weighted by Crippen LogP contribution is 2.23. The van der Waals surface area contributed by atoms with E-state index < -0.39 is 15.7 Å². The second kappa shape index (κ2) is 8.41. The number of nitrogens with two attached hydrogens (primary N) is 1. The molecule has 0 aliphatic carbocycles. The third kappa shape index (κ3) is 5.39. The van der Waals surface area contributed by atoms with Crippen LogP contribution in [-0.2, 0) is 21.1 Å². The van der Waals surface area contributed by atoms with Gasteiger partial charge in [-0.2, -0.15) is 0 Å². The molecule has 0 saturated heterocycles. The quantitative estimate of drug-likeness (QED) is 0.528. The summed E-state index contributed by atoms with van der Waals surface area (Å²) in [5, 5.41) is 8.05. The molecule has 10 heteroatoms. The molecule has 3 aromatic rings. The predicted molar refractivity (Wildman–Crippen MR) is 112 cm³/mol. The second-order valence-electron chi connectivity index (χ2n) is 6.20. The number of nitrogens with zero attached hydrogens (tertiary/aromatic N) is 1. The van der Waals surface area contributed by atoms with Crippen molar-refractivity contribution < 1.29 is 18.0 Å². The van der Waals surface area contributed by atoms with Crippen LogP contribution in [0.2, 0.25) is 0 Å². The maximum atomic E-state index is 12.3. The van der Waals surface area contributed by atoms with Crippen molar-refractivity contribution in [2.75, 3.05) is 16.9 Å². The minimum absolute atomic E-state index is 0.0261. The molecular weight excluding hydrogens is 412 g/mol. The third-order valence-electron chi connectivity index (χ3n) is 3.89. The number of aromatic nitrogens is 1. The van der Waals surface area contributed by atoms with E-state index in [2.05, 4.69) is 15.6 Å². The van der Waals surface area contributed by atoms with Gasteiger partial charge < -0.3 is 16.4 Å². The molecule has 0 saturated carbocycles. The van der Waals surface area contributed by atoms with E-state index in [9.17, 15) is 18.0 Å². The van der Waals surface area contributed by atoms with Crippen molar-refractivity contribution in [2.45, 2.75) is 11.3 Å². The van der Waals surface area contributed by atoms with Crippen molar-refractivity contribution in [1.82, 2.24) is 4.98 Å². The van der Waals surface area contributed by atoms with E-state index in [-0.39, 0.29) is 22.8 Å². The molecule has 8 nitrogen and oxygen atoms in total. The Morgan fingerprint density at radius 2 is 1.79 bits per heavy atom. The van der Waals surface area contributed by atoms with Gasteiger partial charge in [-0.05, 0) is 36.4 Å². The lowest BCUT2D eigenvalue weighted by molar-refractivity contribution is -0.115. The van der Waals surface area contributed by atoms with E-state index in [1.54, 1.807) is 35.7 Å². The first-order valence-electron chi connectivity index (χ1n) is 8.42. The molecule has 2 aromatic carbocycles. The van der Waals surface area contributed by atoms with Crippen molar-refractivity contribution in [3.05, 3.63) is 65.2 Å². The van der Waals surface area contributed by atoms with Crippen LogP contribution in [0.3, 0.4) is 0 Å². The molecule has 0 aliphatic rings. The molecule has 0 fully saturated rings. The molecule has 2 amide bonds. The Balaban J connectivity index is 1.63. The Bertz CT molecular complexity index is 1150. The Labute approximate surface area is 171 Å². The SMILES string of the molecule is CS(=O)(=O)c1ccc(Nc2nc(CC(=O)Nc3ccccc3C(N)=O)cs2)cc1. The number of anilines is 3. The van der Waals surface area contributed by atoms with E-state index in [1.807, 2.05) is 0 Å². The maximum Gasteiger partial charge on any atom is 0.250 e. The summed E-state index contributed by atoms with van der Waals surface area (Å²) in [4.78, 5) is 28.3. The highest BCUT2D eigenvalue weighted by Gasteiger charge is 2.13. The average Bonchev–Trinajstić information content (AvgIpc) is 3.08. The van der Waals surface area contributed by atoms with Crippen LogP contribution in [0, 0.1) is 0 Å². The molecular formula is C19H18N4O4S2. The average molecular weight is 431 g/mol. The van der Waals surface area contributed by atoms with Crippen molar-refractivity contribution >= 4 is 49.5 Å². The van der Waals surface area contributed by atoms with Gasteiger partial charge in [0.05, 0.1) is 28.3 Å². The lowest BCUT2D eigenvalue weighted by atomic mass is 10.1. The van der Waals surface area contributed by atoms with Crippen LogP contribution in [0.25, 0.3) is 0 Å². The van der Waals surface area contributed by atoms with E-state index in [0.29, 0.717) is 22.2 Å². The number of carbonyl (C=O) groups is 2. The maximum absolute atomic E-state index is 12.3. The number of hydrogen-bond acceptors (Lipinski definition) is 7. The zero-order valence-electron chi connectivity index (χ0n) is 15.4. The number of nitrogens with one attached hydrogen (secondary N) is 2. The van der Waals surface area contributed by atoms with Crippen molar-refractivity contribution in [3.63, 3.8) is 0 Å². The first-order chi connectivity index (χ1) is 13.7. The number of carbonyl (C=O) groups excluding carboxylic acids is 2. The van der Waals surface area contributed by atoms with E-state index in [4.69, 9.17) is 5.73 Å². The standard InChI is InChI=1S/C19H18N4O4S2/c1-29(26,27)14-8-6-12(7-9-14)21-19-22-13(11-28-19)10-17(24)23-16-5-3-2-4-15(16)18(20)25/h2-9,11H,10H2,1H3,(H2,20,25)(H,21,22)(H,23,24). The largest absolute Gasteiger partial charge is 0.366 e. The fraction of sp³-hybridized carbons (Fsp3) is 0.105. The lowest BCUT2D eigenvalue weighted by Crippen LogP contribution is -2.19. The van der Waals surface area contributed by atoms with Gasteiger partial charge in [0.2, 0.25) is 5.91 Å². The molecule has 4 N–H and O–H groups in total. The fourth-order valence-corrected chi connectivity index (χ4v) is 3.88. The molecule has 1 heterocycles. The topological polar surface area (TPSA) is 131 Å². The van der Waals surface area contributed by atoms with Gasteiger partial charge in [-0.1, -0.05) is 12.1 Å². The Morgan fingerprint density at radius 1 is 1.10 bits per heavy atom. The normalized spacial score (nSPS) is 11.1. The molecule has 29 heavy (non-hydrogen) atoms. The summed E-state index contributed by atoms with van der Waals surface area (Å²) >= 11 is 1.32. The number of thiazole rings is 1. The van der Waals surface area contributed by atoms with Crippen molar-refractivity contribution in [2.24, 2.45) is 5.73 Å². The van der Waals surface area contributed by atoms with Crippen LogP contribution in [0.15, 0.2) is 58.8 Å². The van der Waals surface area contributed by atoms with Gasteiger partial charge in [0.15, 0.2) is 15.0 Å². The number of sulfone groups is 1. The van der Waals surface area contributed by atoms with Crippen LogP contribution >= 0.6 is 11.3 Å². The molecule has 0 aliphatic heterocycles. The minimum atomic E-state index is -3.25. The predicted octanol–water partition coefficient (Wildman–Crippen LogP) is 2.57. The monoisotopic (exact) mass is 430 g/mol. The zero-order chi connectivity index (χ0) is 21.0. The number of rotatable bonds is 7. The highest BCUT2D eigenvalue weighted by molar-refractivity contribution is 7.90. The Morgan fingerprint density at radius 3 is 2.45 bits per heavy atom. The lowest BCUT2D eigenvalue weighted by Gasteiger charge is -2.08. The molecule has 0 bridgehead atoms. The molecule has 150 valence electrons. The molecule has 3 rings (SSSR count). The third-order valence-corrected chi connectivity index (χ3v) is 5.83. The minimum Gasteiger partial charge on any atom is -0.366 e. The van der Waals surface area contributed by atoms with Gasteiger partial charge in [-0.3, -0.25) is 9.59 Å². The van der Waals surface area contributed by atoms with Crippen molar-refractivity contribution in [1.29, 1.82) is 0 Å². The van der Waals surface area contributed by atoms with Crippen molar-refractivity contribution in [3.8, 4) is 0 Å². The molecule has 0 radical (unpaired) electrons. The summed E-state index contributed by atoms with van der Waals surface area (Å²) in [6.45, 7) is 0. The van der Waals surface area contributed by atoms with Gasteiger partial charge in [0.1, 0.15) is 0 Å². The summed E-state index contributed by atoms with van der Waals surface area (Å²) in [6.07, 6.45) is 1.17. The molecule has 1 aromatic heterocycles. The number of amides is 2. The van der Waals surface area contributed by atoms with Crippen LogP contribution < -0.4 is 16.4 Å². The fourth-order valence-electron chi connectivity index (χ4n) is 2.52. The zero-order valence-corrected chi connectivity index (χ0v) is 17.0. The molecule has 0 unspecified atom stereocenters. The van der Waals surface area contributed by atoms with E-state index in [0.717, 1.165) is 6.26 Å². The van der Waals surface area contributed by atoms with Crippen LogP contribution in [0.4, 0.5) is 16.5 Å². The first kappa shape index (κ1) is 20.5. The van der Waals surface area contributed by atoms with Gasteiger partial charge in [-0.25, -0.2) is 13.4 Å². The van der Waals surface area contributed by atoms with Gasteiger partial charge in [0.25, 0.3) is 5.91 Å². The summed E-state index contributed by atoms with van der Waals surface area (Å²) in [5.41, 5.74) is 7.13. The number of hydrogen-bond donors (Lipinski definition) is 3. The summed E-state index contributed by atoms with van der Waals surface area (Å²) < 4.78 is 23.0. The van der Waals surface area contributed by atoms with Crippen LogP contribution in [-0.4, -0.2) is 31.5 Å². The summed E-state index contributed by atoms with van der Waals surface area (Å²) in [6, 6.07) is 12.8. The second-order valence-corrected chi connectivity index (χ2v) is 9.07. The Kier molecular flexibility index (Phi) is 5.95.